The van der Waals surface area contributed by atoms with Crippen LogP contribution in [0.25, 0.3) is 11.3 Å². The summed E-state index contributed by atoms with van der Waals surface area (Å²) >= 11 is 0. The van der Waals surface area contributed by atoms with Gasteiger partial charge in [0.15, 0.2) is 0 Å². The lowest BCUT2D eigenvalue weighted by atomic mass is 10.1. The van der Waals surface area contributed by atoms with Crippen LogP contribution in [0.1, 0.15) is 21.9 Å². The molecule has 2 heterocycles. The third kappa shape index (κ3) is 3.14. The molecule has 0 bridgehead atoms. The molecule has 22 heavy (non-hydrogen) atoms. The Hall–Kier alpha value is -2.29. The summed E-state index contributed by atoms with van der Waals surface area (Å²) < 4.78 is 27.8. The van der Waals surface area contributed by atoms with Gasteiger partial charge in [-0.15, -0.1) is 0 Å². The first-order valence-electron chi connectivity index (χ1n) is 6.67. The van der Waals surface area contributed by atoms with Crippen molar-refractivity contribution in [1.82, 2.24) is 25.3 Å². The van der Waals surface area contributed by atoms with Gasteiger partial charge in [-0.1, -0.05) is 0 Å². The van der Waals surface area contributed by atoms with Crippen molar-refractivity contribution in [3.05, 3.63) is 23.1 Å². The number of aryl methyl sites for hydroxylation is 2. The molecule has 2 aromatic heterocycles. The Labute approximate surface area is 125 Å². The highest BCUT2D eigenvalue weighted by atomic mass is 19.3. The monoisotopic (exact) mass is 312 g/mol. The zero-order valence-corrected chi connectivity index (χ0v) is 12.6. The van der Waals surface area contributed by atoms with Crippen LogP contribution in [0.4, 0.5) is 8.78 Å². The summed E-state index contributed by atoms with van der Waals surface area (Å²) in [4.78, 5) is 11.8. The van der Waals surface area contributed by atoms with Crippen LogP contribution >= 0.6 is 0 Å². The molecule has 0 aliphatic heterocycles. The van der Waals surface area contributed by atoms with Crippen LogP contribution in [0.15, 0.2) is 6.07 Å². The molecule has 9 heteroatoms. The number of halogens is 2. The van der Waals surface area contributed by atoms with Gasteiger partial charge in [0.1, 0.15) is 5.69 Å². The maximum atomic E-state index is 13.0. The molecular formula is C13H18F2N6O. The third-order valence-corrected chi connectivity index (χ3v) is 3.39. The van der Waals surface area contributed by atoms with E-state index in [4.69, 9.17) is 5.73 Å². The number of hydrogen-bond acceptors (Lipinski definition) is 4. The van der Waals surface area contributed by atoms with Crippen LogP contribution in [0, 0.1) is 13.8 Å². The predicted octanol–water partition coefficient (Wildman–Crippen LogP) is 0.751. The van der Waals surface area contributed by atoms with E-state index in [0.717, 1.165) is 17.0 Å². The lowest BCUT2D eigenvalue weighted by Gasteiger charge is -2.13. The number of nitrogens with zero attached hydrogens (tertiary/aromatic N) is 3. The number of H-pyrrole nitrogens is 1. The van der Waals surface area contributed by atoms with Gasteiger partial charge in [-0.25, -0.2) is 8.78 Å². The van der Waals surface area contributed by atoms with Gasteiger partial charge in [0.25, 0.3) is 11.8 Å². The van der Waals surface area contributed by atoms with Gasteiger partial charge in [0.2, 0.25) is 0 Å². The lowest BCUT2D eigenvalue weighted by molar-refractivity contribution is 0.0118. The Morgan fingerprint density at radius 1 is 1.50 bits per heavy atom. The highest BCUT2D eigenvalue weighted by Gasteiger charge is 2.27. The van der Waals surface area contributed by atoms with Crippen molar-refractivity contribution in [2.45, 2.75) is 19.8 Å². The normalized spacial score (nSPS) is 11.7. The van der Waals surface area contributed by atoms with Crippen molar-refractivity contribution in [3.63, 3.8) is 0 Å². The quantitative estimate of drug-likeness (QED) is 0.758. The second-order valence-electron chi connectivity index (χ2n) is 5.08. The number of rotatable bonds is 5. The summed E-state index contributed by atoms with van der Waals surface area (Å²) in [6.45, 7) is 2.07. The molecule has 2 aromatic rings. The van der Waals surface area contributed by atoms with E-state index in [1.165, 1.54) is 6.07 Å². The number of amides is 1. The smallest absolute Gasteiger partial charge is 0.277 e. The number of nitrogens with two attached hydrogens (primary N) is 1. The number of hydrogen-bond donors (Lipinski definition) is 3. The molecule has 0 aliphatic carbocycles. The Balaban J connectivity index is 2.16. The Morgan fingerprint density at radius 2 is 2.18 bits per heavy atom. The van der Waals surface area contributed by atoms with Crippen molar-refractivity contribution in [1.29, 1.82) is 0 Å². The maximum Gasteiger partial charge on any atom is 0.277 e. The van der Waals surface area contributed by atoms with Gasteiger partial charge < -0.3 is 11.1 Å². The minimum Gasteiger partial charge on any atom is -0.345 e. The summed E-state index contributed by atoms with van der Waals surface area (Å²) in [6, 6.07) is 1.51. The highest BCUT2D eigenvalue weighted by molar-refractivity contribution is 5.93. The fourth-order valence-corrected chi connectivity index (χ4v) is 2.09. The fraction of sp³-hybridized carbons (Fsp3) is 0.462. The van der Waals surface area contributed by atoms with Gasteiger partial charge in [-0.3, -0.25) is 14.6 Å². The molecule has 0 saturated carbocycles. The van der Waals surface area contributed by atoms with Crippen molar-refractivity contribution < 1.29 is 13.6 Å². The molecule has 0 spiro atoms. The van der Waals surface area contributed by atoms with Crippen LogP contribution in [0.5, 0.6) is 0 Å². The molecule has 4 N–H and O–H groups in total. The van der Waals surface area contributed by atoms with E-state index < -0.39 is 24.9 Å². The van der Waals surface area contributed by atoms with Gasteiger partial charge in [0.05, 0.1) is 24.5 Å². The number of aromatic amines is 1. The molecule has 7 nitrogen and oxygen atoms in total. The summed E-state index contributed by atoms with van der Waals surface area (Å²) in [7, 11) is 1.81. The second-order valence-corrected chi connectivity index (χ2v) is 5.08. The SMILES string of the molecule is Cc1nn(C)c(C)c1-c1cc(C(=O)NCC(F)(F)CN)[nH]n1. The zero-order chi connectivity index (χ0) is 16.5. The number of nitrogens with one attached hydrogen (secondary N) is 2. The Kier molecular flexibility index (Phi) is 4.27. The first-order chi connectivity index (χ1) is 10.2. The Bertz CT molecular complexity index is 691. The molecule has 0 atom stereocenters. The van der Waals surface area contributed by atoms with Crippen LogP contribution in [-0.4, -0.2) is 44.9 Å². The first-order valence-corrected chi connectivity index (χ1v) is 6.67. The summed E-state index contributed by atoms with van der Waals surface area (Å²) in [5, 5.41) is 13.0. The van der Waals surface area contributed by atoms with Crippen molar-refractivity contribution in [3.8, 4) is 11.3 Å². The summed E-state index contributed by atoms with van der Waals surface area (Å²) in [5.74, 6) is -3.79. The number of alkyl halides is 2. The molecule has 0 unspecified atom stereocenters. The largest absolute Gasteiger partial charge is 0.345 e. The van der Waals surface area contributed by atoms with E-state index in [9.17, 15) is 13.6 Å². The van der Waals surface area contributed by atoms with E-state index in [-0.39, 0.29) is 5.69 Å². The minimum absolute atomic E-state index is 0.102. The topological polar surface area (TPSA) is 102 Å². The average Bonchev–Trinajstić information content (AvgIpc) is 3.02. The van der Waals surface area contributed by atoms with E-state index in [1.54, 1.807) is 11.7 Å². The van der Waals surface area contributed by atoms with Gasteiger partial charge in [0, 0.05) is 18.3 Å². The van der Waals surface area contributed by atoms with Crippen LogP contribution in [0.2, 0.25) is 0 Å². The average molecular weight is 312 g/mol. The molecule has 120 valence electrons. The molecule has 0 fully saturated rings. The number of carbonyl (C=O) groups is 1. The molecule has 0 aromatic carbocycles. The van der Waals surface area contributed by atoms with E-state index in [0.29, 0.717) is 5.69 Å². The van der Waals surface area contributed by atoms with Crippen LogP contribution < -0.4 is 11.1 Å². The molecule has 1 amide bonds. The molecule has 0 radical (unpaired) electrons. The highest BCUT2D eigenvalue weighted by Crippen LogP contribution is 2.25. The molecule has 0 aliphatic rings. The standard InChI is InChI=1S/C13H18F2N6O/c1-7-11(8(2)21(3)20-7)9-4-10(19-18-9)12(22)17-6-13(14,15)5-16/h4H,5-6,16H2,1-3H3,(H,17,22)(H,18,19). The van der Waals surface area contributed by atoms with Crippen LogP contribution in [-0.2, 0) is 7.05 Å². The summed E-state index contributed by atoms with van der Waals surface area (Å²) in [5.41, 5.74) is 8.03. The maximum absolute atomic E-state index is 13.0. The predicted molar refractivity (Wildman–Crippen MR) is 76.6 cm³/mol. The number of carbonyl (C=O) groups excluding carboxylic acids is 1. The van der Waals surface area contributed by atoms with E-state index in [2.05, 4.69) is 20.6 Å². The van der Waals surface area contributed by atoms with Crippen LogP contribution in [0.3, 0.4) is 0 Å². The van der Waals surface area contributed by atoms with Crippen molar-refractivity contribution in [2.75, 3.05) is 13.1 Å². The minimum atomic E-state index is -3.13. The summed E-state index contributed by atoms with van der Waals surface area (Å²) in [6.07, 6.45) is 0. The Morgan fingerprint density at radius 3 is 2.73 bits per heavy atom. The lowest BCUT2D eigenvalue weighted by Crippen LogP contribution is -2.41. The van der Waals surface area contributed by atoms with Gasteiger partial charge in [-0.2, -0.15) is 10.2 Å². The fourth-order valence-electron chi connectivity index (χ4n) is 2.09. The van der Waals surface area contributed by atoms with Gasteiger partial charge >= 0.3 is 0 Å². The molecule has 0 saturated heterocycles. The first kappa shape index (κ1) is 16.1. The van der Waals surface area contributed by atoms with Crippen molar-refractivity contribution in [2.24, 2.45) is 12.8 Å². The number of aromatic nitrogens is 4. The van der Waals surface area contributed by atoms with Gasteiger partial charge in [-0.05, 0) is 19.9 Å². The van der Waals surface area contributed by atoms with E-state index in [1.807, 2.05) is 13.8 Å². The molecular weight excluding hydrogens is 294 g/mol. The van der Waals surface area contributed by atoms with E-state index >= 15 is 0 Å². The zero-order valence-electron chi connectivity index (χ0n) is 12.6. The third-order valence-electron chi connectivity index (χ3n) is 3.39. The second kappa shape index (κ2) is 5.84. The molecule has 2 rings (SSSR count). The van der Waals surface area contributed by atoms with Crippen molar-refractivity contribution >= 4 is 5.91 Å².